The first kappa shape index (κ1) is 33.9. The maximum absolute atomic E-state index is 3.72. The van der Waals surface area contributed by atoms with E-state index >= 15 is 0 Å². The van der Waals surface area contributed by atoms with Gasteiger partial charge in [0, 0.05) is 5.69 Å². The Morgan fingerprint density at radius 2 is 0.875 bits per heavy atom. The molecule has 0 bridgehead atoms. The van der Waals surface area contributed by atoms with Gasteiger partial charge >= 0.3 is 0 Å². The second kappa shape index (κ2) is 14.2. The molecule has 0 saturated heterocycles. The molecule has 0 radical (unpaired) electrons. The van der Waals surface area contributed by atoms with Crippen LogP contribution in [0.1, 0.15) is 13.3 Å². The number of hydrogen-bond acceptors (Lipinski definition) is 2. The standard InChI is InChI=1S/C53H42N2Si/c1-2-51-54-49-31-16-17-32-50(49)55(51)40-35-33-38(34-36-40)52-45-27-12-14-29-47(45)53(48-30-15-13-28-46(48)52)39-19-18-26-44(37-39)56(41-20-6-3-7-21-41,42-22-8-4-9-23-42)43-24-10-5-11-25-43/h3-37,51,54H,2H2,1H3. The molecule has 9 aromatic carbocycles. The molecule has 1 aliphatic heterocycles. The van der Waals surface area contributed by atoms with E-state index in [0.717, 1.165) is 6.42 Å². The Morgan fingerprint density at radius 1 is 0.429 bits per heavy atom. The van der Waals surface area contributed by atoms with Crippen molar-refractivity contribution in [1.29, 1.82) is 0 Å². The average molecular weight is 735 g/mol. The third-order valence-corrected chi connectivity index (χ3v) is 16.5. The molecule has 1 N–H and O–H groups in total. The van der Waals surface area contributed by atoms with Gasteiger partial charge in [-0.25, -0.2) is 0 Å². The summed E-state index contributed by atoms with van der Waals surface area (Å²) in [6.07, 6.45) is 1.22. The Kier molecular flexibility index (Phi) is 8.58. The molecule has 9 aromatic rings. The third-order valence-electron chi connectivity index (χ3n) is 11.8. The first-order valence-electron chi connectivity index (χ1n) is 19.7. The molecule has 0 aliphatic carbocycles. The first-order chi connectivity index (χ1) is 27.8. The van der Waals surface area contributed by atoms with Crippen LogP contribution in [0.15, 0.2) is 212 Å². The first-order valence-corrected chi connectivity index (χ1v) is 21.7. The van der Waals surface area contributed by atoms with Crippen molar-refractivity contribution in [2.75, 3.05) is 10.2 Å². The number of nitrogens with one attached hydrogen (secondary N) is 1. The van der Waals surface area contributed by atoms with E-state index in [2.05, 4.69) is 229 Å². The van der Waals surface area contributed by atoms with Crippen LogP contribution in [-0.2, 0) is 0 Å². The topological polar surface area (TPSA) is 15.3 Å². The summed E-state index contributed by atoms with van der Waals surface area (Å²) in [5.74, 6) is 0. The lowest BCUT2D eigenvalue weighted by atomic mass is 9.86. The van der Waals surface area contributed by atoms with E-state index in [1.165, 1.54) is 81.6 Å². The summed E-state index contributed by atoms with van der Waals surface area (Å²) in [6, 6.07) is 78.9. The molecular weight excluding hydrogens is 693 g/mol. The summed E-state index contributed by atoms with van der Waals surface area (Å²) < 4.78 is 0. The van der Waals surface area contributed by atoms with Crippen molar-refractivity contribution in [2.45, 2.75) is 19.5 Å². The smallest absolute Gasteiger partial charge is 0.179 e. The summed E-state index contributed by atoms with van der Waals surface area (Å²) in [6.45, 7) is 2.24. The molecule has 10 rings (SSSR count). The highest BCUT2D eigenvalue weighted by molar-refractivity contribution is 7.19. The zero-order valence-corrected chi connectivity index (χ0v) is 32.4. The zero-order valence-electron chi connectivity index (χ0n) is 31.4. The molecule has 1 aliphatic rings. The maximum Gasteiger partial charge on any atom is 0.179 e. The molecule has 0 saturated carbocycles. The van der Waals surface area contributed by atoms with E-state index in [1.54, 1.807) is 0 Å². The fourth-order valence-electron chi connectivity index (χ4n) is 9.33. The molecular formula is C53H42N2Si. The van der Waals surface area contributed by atoms with Gasteiger partial charge in [0.1, 0.15) is 6.17 Å². The van der Waals surface area contributed by atoms with Gasteiger partial charge in [0.2, 0.25) is 0 Å². The molecule has 1 atom stereocenters. The SMILES string of the molecule is CCC1Nc2ccccc2N1c1ccc(-c2c3ccccc3c(-c3cccc([Si](c4ccccc4)(c4ccccc4)c4ccccc4)c3)c3ccccc23)cc1. The molecule has 0 amide bonds. The minimum Gasteiger partial charge on any atom is -0.363 e. The average Bonchev–Trinajstić information content (AvgIpc) is 3.66. The molecule has 1 unspecified atom stereocenters. The number of rotatable bonds is 8. The fourth-order valence-corrected chi connectivity index (χ4v) is 14.1. The van der Waals surface area contributed by atoms with Crippen LogP contribution in [0.4, 0.5) is 17.1 Å². The van der Waals surface area contributed by atoms with Crippen molar-refractivity contribution in [3.05, 3.63) is 212 Å². The summed E-state index contributed by atoms with van der Waals surface area (Å²) in [7, 11) is -2.72. The van der Waals surface area contributed by atoms with Crippen LogP contribution in [0.2, 0.25) is 0 Å². The molecule has 0 fully saturated rings. The van der Waals surface area contributed by atoms with Crippen LogP contribution in [-0.4, -0.2) is 14.2 Å². The minimum absolute atomic E-state index is 0.224. The lowest BCUT2D eigenvalue weighted by molar-refractivity contribution is 0.728. The molecule has 0 aromatic heterocycles. The van der Waals surface area contributed by atoms with Crippen molar-refractivity contribution in [1.82, 2.24) is 0 Å². The fraction of sp³-hybridized carbons (Fsp3) is 0.0566. The molecule has 0 spiro atoms. The Morgan fingerprint density at radius 3 is 1.39 bits per heavy atom. The number of anilines is 3. The van der Waals surface area contributed by atoms with Crippen LogP contribution in [0.25, 0.3) is 43.8 Å². The van der Waals surface area contributed by atoms with E-state index in [-0.39, 0.29) is 6.17 Å². The van der Waals surface area contributed by atoms with Crippen LogP contribution in [0, 0.1) is 0 Å². The van der Waals surface area contributed by atoms with Crippen LogP contribution < -0.4 is 31.0 Å². The van der Waals surface area contributed by atoms with Gasteiger partial charge < -0.3 is 10.2 Å². The van der Waals surface area contributed by atoms with Crippen molar-refractivity contribution in [3.8, 4) is 22.3 Å². The minimum atomic E-state index is -2.72. The largest absolute Gasteiger partial charge is 0.363 e. The number of nitrogens with zero attached hydrogens (tertiary/aromatic N) is 1. The van der Waals surface area contributed by atoms with E-state index in [0.29, 0.717) is 0 Å². The van der Waals surface area contributed by atoms with Crippen LogP contribution in [0.5, 0.6) is 0 Å². The van der Waals surface area contributed by atoms with Gasteiger partial charge in [-0.15, -0.1) is 0 Å². The van der Waals surface area contributed by atoms with Gasteiger partial charge in [-0.3, -0.25) is 0 Å². The van der Waals surface area contributed by atoms with Crippen molar-refractivity contribution < 1.29 is 0 Å². The predicted molar refractivity (Wildman–Crippen MR) is 242 cm³/mol. The summed E-state index contributed by atoms with van der Waals surface area (Å²) >= 11 is 0. The van der Waals surface area contributed by atoms with Gasteiger partial charge in [0.05, 0.1) is 11.4 Å². The second-order valence-electron chi connectivity index (χ2n) is 14.8. The number of fused-ring (bicyclic) bond motifs is 3. The molecule has 2 nitrogen and oxygen atoms in total. The van der Waals surface area contributed by atoms with E-state index in [4.69, 9.17) is 0 Å². The Bertz CT molecular complexity index is 2660. The van der Waals surface area contributed by atoms with E-state index in [9.17, 15) is 0 Å². The molecule has 268 valence electrons. The van der Waals surface area contributed by atoms with Crippen LogP contribution in [0.3, 0.4) is 0 Å². The lowest BCUT2D eigenvalue weighted by Gasteiger charge is -2.34. The third kappa shape index (κ3) is 5.46. The van der Waals surface area contributed by atoms with Crippen molar-refractivity contribution in [3.63, 3.8) is 0 Å². The van der Waals surface area contributed by atoms with Gasteiger partial charge in [0.15, 0.2) is 8.07 Å². The zero-order chi connectivity index (χ0) is 37.5. The molecule has 1 heterocycles. The number of benzene rings is 9. The van der Waals surface area contributed by atoms with Crippen molar-refractivity contribution >= 4 is 67.4 Å². The lowest BCUT2D eigenvalue weighted by Crippen LogP contribution is -2.74. The maximum atomic E-state index is 3.72. The van der Waals surface area contributed by atoms with Gasteiger partial charge in [0.25, 0.3) is 0 Å². The van der Waals surface area contributed by atoms with Crippen LogP contribution >= 0.6 is 0 Å². The Labute approximate surface area is 330 Å². The summed E-state index contributed by atoms with van der Waals surface area (Å²) in [4.78, 5) is 2.44. The quantitative estimate of drug-likeness (QED) is 0.0950. The van der Waals surface area contributed by atoms with Gasteiger partial charge in [-0.05, 0) is 95.2 Å². The highest BCUT2D eigenvalue weighted by atomic mass is 28.3. The highest BCUT2D eigenvalue weighted by Gasteiger charge is 2.41. The monoisotopic (exact) mass is 734 g/mol. The van der Waals surface area contributed by atoms with Gasteiger partial charge in [-0.1, -0.05) is 195 Å². The predicted octanol–water partition coefficient (Wildman–Crippen LogP) is 11.0. The van der Waals surface area contributed by atoms with E-state index < -0.39 is 8.07 Å². The van der Waals surface area contributed by atoms with E-state index in [1.807, 2.05) is 0 Å². The summed E-state index contributed by atoms with van der Waals surface area (Å²) in [5, 5.41) is 14.3. The normalized spacial score (nSPS) is 13.8. The Balaban J connectivity index is 1.17. The number of hydrogen-bond donors (Lipinski definition) is 1. The molecule has 56 heavy (non-hydrogen) atoms. The second-order valence-corrected chi connectivity index (χ2v) is 18.6. The Hall–Kier alpha value is -6.68. The van der Waals surface area contributed by atoms with Crippen molar-refractivity contribution in [2.24, 2.45) is 0 Å². The highest BCUT2D eigenvalue weighted by Crippen LogP contribution is 2.45. The number of para-hydroxylation sites is 2. The summed E-state index contributed by atoms with van der Waals surface area (Å²) in [5.41, 5.74) is 8.63. The van der Waals surface area contributed by atoms with Gasteiger partial charge in [-0.2, -0.15) is 0 Å². The molecule has 3 heteroatoms.